The van der Waals surface area contributed by atoms with Crippen LogP contribution in [0.4, 0.5) is 0 Å². The van der Waals surface area contributed by atoms with Gasteiger partial charge in [-0.1, -0.05) is 25.2 Å². The molecule has 0 saturated carbocycles. The van der Waals surface area contributed by atoms with Crippen molar-refractivity contribution in [1.29, 1.82) is 0 Å². The fraction of sp³-hybridized carbons (Fsp3) is 0.400. The minimum Gasteiger partial charge on any atom is -0.493 e. The lowest BCUT2D eigenvalue weighted by Crippen LogP contribution is -1.98. The molecule has 0 fully saturated rings. The first-order chi connectivity index (χ1) is 12.6. The molecule has 0 spiro atoms. The van der Waals surface area contributed by atoms with Crippen LogP contribution in [-0.2, 0) is 0 Å². The summed E-state index contributed by atoms with van der Waals surface area (Å²) in [5.74, 6) is 8.20. The van der Waals surface area contributed by atoms with Crippen LogP contribution in [0.5, 0.6) is 23.0 Å². The molecule has 5 nitrogen and oxygen atoms in total. The van der Waals surface area contributed by atoms with Gasteiger partial charge in [-0.2, -0.15) is 0 Å². The number of hydrogen-bond donors (Lipinski definition) is 1. The molecule has 0 aliphatic heterocycles. The standard InChI is InChI=1S/C20H24O5S/c1-5-7-16(21)19-10-9-15(26-19)8-6-11-25-14-12-17(22-2)20(24-4)18(13-14)23-3/h9-10,12-13,16,21H,5,7,11H2,1-4H3. The van der Waals surface area contributed by atoms with Gasteiger partial charge in [0.2, 0.25) is 5.75 Å². The van der Waals surface area contributed by atoms with Crippen LogP contribution in [-0.4, -0.2) is 33.0 Å². The van der Waals surface area contributed by atoms with E-state index < -0.39 is 6.10 Å². The maximum absolute atomic E-state index is 10.00. The van der Waals surface area contributed by atoms with Crippen LogP contribution in [0.15, 0.2) is 24.3 Å². The second-order valence-electron chi connectivity index (χ2n) is 5.46. The summed E-state index contributed by atoms with van der Waals surface area (Å²) in [6.45, 7) is 2.28. The van der Waals surface area contributed by atoms with Gasteiger partial charge in [-0.05, 0) is 18.6 Å². The lowest BCUT2D eigenvalue weighted by Gasteiger charge is -2.13. The Morgan fingerprint density at radius 1 is 1.08 bits per heavy atom. The van der Waals surface area contributed by atoms with E-state index in [0.717, 1.165) is 22.6 Å². The third-order valence-corrected chi connectivity index (χ3v) is 4.78. The van der Waals surface area contributed by atoms with Crippen molar-refractivity contribution in [1.82, 2.24) is 0 Å². The second-order valence-corrected chi connectivity index (χ2v) is 6.57. The van der Waals surface area contributed by atoms with Crippen LogP contribution in [0.1, 0.15) is 35.6 Å². The molecule has 1 atom stereocenters. The van der Waals surface area contributed by atoms with Gasteiger partial charge >= 0.3 is 0 Å². The first kappa shape index (κ1) is 20.0. The van der Waals surface area contributed by atoms with E-state index in [4.69, 9.17) is 18.9 Å². The van der Waals surface area contributed by atoms with E-state index in [1.165, 1.54) is 11.3 Å². The van der Waals surface area contributed by atoms with Gasteiger partial charge in [0.15, 0.2) is 11.5 Å². The normalized spacial score (nSPS) is 11.3. The summed E-state index contributed by atoms with van der Waals surface area (Å²) in [5.41, 5.74) is 0. The summed E-state index contributed by atoms with van der Waals surface area (Å²) in [5, 5.41) is 10.00. The zero-order valence-corrected chi connectivity index (χ0v) is 16.3. The highest BCUT2D eigenvalue weighted by molar-refractivity contribution is 7.12. The van der Waals surface area contributed by atoms with Crippen LogP contribution in [0, 0.1) is 11.8 Å². The molecule has 0 aliphatic rings. The van der Waals surface area contributed by atoms with Crippen molar-refractivity contribution in [2.75, 3.05) is 27.9 Å². The summed E-state index contributed by atoms with van der Waals surface area (Å²) in [6, 6.07) is 7.31. The van der Waals surface area contributed by atoms with E-state index in [1.807, 2.05) is 12.1 Å². The van der Waals surface area contributed by atoms with E-state index in [9.17, 15) is 5.11 Å². The van der Waals surface area contributed by atoms with E-state index >= 15 is 0 Å². The highest BCUT2D eigenvalue weighted by atomic mass is 32.1. The molecule has 2 aromatic rings. The average Bonchev–Trinajstić information content (AvgIpc) is 3.13. The predicted molar refractivity (Wildman–Crippen MR) is 103 cm³/mol. The molecule has 2 rings (SSSR count). The zero-order chi connectivity index (χ0) is 18.9. The Hall–Kier alpha value is -2.36. The quantitative estimate of drug-likeness (QED) is 0.705. The number of ether oxygens (including phenoxy) is 4. The summed E-state index contributed by atoms with van der Waals surface area (Å²) in [7, 11) is 4.67. The zero-order valence-electron chi connectivity index (χ0n) is 15.5. The Morgan fingerprint density at radius 2 is 1.77 bits per heavy atom. The van der Waals surface area contributed by atoms with Crippen molar-refractivity contribution < 1.29 is 24.1 Å². The van der Waals surface area contributed by atoms with Crippen molar-refractivity contribution in [3.63, 3.8) is 0 Å². The topological polar surface area (TPSA) is 57.2 Å². The molecular weight excluding hydrogens is 352 g/mol. The fourth-order valence-electron chi connectivity index (χ4n) is 2.40. The lowest BCUT2D eigenvalue weighted by atomic mass is 10.2. The van der Waals surface area contributed by atoms with Gasteiger partial charge in [-0.25, -0.2) is 0 Å². The number of methoxy groups -OCH3 is 3. The highest BCUT2D eigenvalue weighted by Gasteiger charge is 2.13. The number of hydrogen-bond acceptors (Lipinski definition) is 6. The second kappa shape index (κ2) is 9.95. The molecule has 1 N–H and O–H groups in total. The van der Waals surface area contributed by atoms with Crippen molar-refractivity contribution in [2.45, 2.75) is 25.9 Å². The maximum Gasteiger partial charge on any atom is 0.203 e. The number of aliphatic hydroxyl groups is 1. The van der Waals surface area contributed by atoms with Crippen molar-refractivity contribution in [2.24, 2.45) is 0 Å². The lowest BCUT2D eigenvalue weighted by molar-refractivity contribution is 0.170. The van der Waals surface area contributed by atoms with E-state index in [2.05, 4.69) is 18.8 Å². The first-order valence-electron chi connectivity index (χ1n) is 8.32. The summed E-state index contributed by atoms with van der Waals surface area (Å²) < 4.78 is 21.5. The molecular formula is C20H24O5S. The Kier molecular flexibility index (Phi) is 7.64. The first-order valence-corrected chi connectivity index (χ1v) is 9.14. The van der Waals surface area contributed by atoms with Gasteiger partial charge in [0.1, 0.15) is 12.4 Å². The number of rotatable bonds is 8. The number of benzene rings is 1. The van der Waals surface area contributed by atoms with Crippen LogP contribution >= 0.6 is 11.3 Å². The molecule has 1 heterocycles. The average molecular weight is 376 g/mol. The molecule has 0 bridgehead atoms. The van der Waals surface area contributed by atoms with Crippen LogP contribution in [0.3, 0.4) is 0 Å². The van der Waals surface area contributed by atoms with E-state index in [1.54, 1.807) is 33.5 Å². The third kappa shape index (κ3) is 5.07. The Balaban J connectivity index is 2.01. The Labute approximate surface area is 158 Å². The summed E-state index contributed by atoms with van der Waals surface area (Å²) in [6.07, 6.45) is 1.30. The highest BCUT2D eigenvalue weighted by Crippen LogP contribution is 2.40. The van der Waals surface area contributed by atoms with Gasteiger partial charge in [0.05, 0.1) is 32.3 Å². The third-order valence-electron chi connectivity index (χ3n) is 3.68. The Bertz CT molecular complexity index is 747. The van der Waals surface area contributed by atoms with Crippen LogP contribution in [0.2, 0.25) is 0 Å². The van der Waals surface area contributed by atoms with Crippen LogP contribution in [0.25, 0.3) is 0 Å². The van der Waals surface area contributed by atoms with Gasteiger partial charge in [0, 0.05) is 17.0 Å². The van der Waals surface area contributed by atoms with Gasteiger partial charge in [-0.15, -0.1) is 11.3 Å². The van der Waals surface area contributed by atoms with Crippen molar-refractivity contribution in [3.05, 3.63) is 34.0 Å². The van der Waals surface area contributed by atoms with Crippen molar-refractivity contribution in [3.8, 4) is 34.8 Å². The van der Waals surface area contributed by atoms with Gasteiger partial charge < -0.3 is 24.1 Å². The molecule has 1 unspecified atom stereocenters. The molecule has 0 aliphatic carbocycles. The van der Waals surface area contributed by atoms with Crippen LogP contribution < -0.4 is 18.9 Å². The molecule has 0 saturated heterocycles. The van der Waals surface area contributed by atoms with E-state index in [-0.39, 0.29) is 6.61 Å². The molecule has 0 amide bonds. The summed E-state index contributed by atoms with van der Waals surface area (Å²) in [4.78, 5) is 1.85. The number of aliphatic hydroxyl groups excluding tert-OH is 1. The summed E-state index contributed by atoms with van der Waals surface area (Å²) >= 11 is 1.51. The molecule has 1 aromatic carbocycles. The smallest absolute Gasteiger partial charge is 0.203 e. The predicted octanol–water partition coefficient (Wildman–Crippen LogP) is 4.04. The monoisotopic (exact) mass is 376 g/mol. The maximum atomic E-state index is 10.00. The SMILES string of the molecule is CCCC(O)c1ccc(C#CCOc2cc(OC)c(OC)c(OC)c2)s1. The van der Waals surface area contributed by atoms with E-state index in [0.29, 0.717) is 23.0 Å². The largest absolute Gasteiger partial charge is 0.493 e. The molecule has 6 heteroatoms. The minimum absolute atomic E-state index is 0.226. The minimum atomic E-state index is -0.406. The molecule has 140 valence electrons. The Morgan fingerprint density at radius 3 is 2.35 bits per heavy atom. The molecule has 0 radical (unpaired) electrons. The molecule has 26 heavy (non-hydrogen) atoms. The van der Waals surface area contributed by atoms with Gasteiger partial charge in [-0.3, -0.25) is 0 Å². The molecule has 1 aromatic heterocycles. The fourth-order valence-corrected chi connectivity index (χ4v) is 3.30. The van der Waals surface area contributed by atoms with Gasteiger partial charge in [0.25, 0.3) is 0 Å². The number of thiophene rings is 1. The van der Waals surface area contributed by atoms with Crippen molar-refractivity contribution >= 4 is 11.3 Å².